The Morgan fingerprint density at radius 3 is 2.55 bits per heavy atom. The van der Waals surface area contributed by atoms with Gasteiger partial charge < -0.3 is 9.47 Å². The van der Waals surface area contributed by atoms with E-state index in [0.717, 1.165) is 17.7 Å². The summed E-state index contributed by atoms with van der Waals surface area (Å²) in [5, 5.41) is 10.8. The highest BCUT2D eigenvalue weighted by Crippen LogP contribution is 2.28. The SMILES string of the molecule is CCc1ccc(-c2[nH]ncc2/C=N/NS(=O)(=O)c2ccc(OC)cc2OC)cc1. The van der Waals surface area contributed by atoms with Crippen LogP contribution in [0.15, 0.2) is 58.7 Å². The molecule has 2 aromatic carbocycles. The van der Waals surface area contributed by atoms with Crippen molar-refractivity contribution < 1.29 is 17.9 Å². The first-order chi connectivity index (χ1) is 14.0. The summed E-state index contributed by atoms with van der Waals surface area (Å²) in [4.78, 5) is 2.16. The van der Waals surface area contributed by atoms with Gasteiger partial charge in [-0.2, -0.15) is 23.4 Å². The molecular weight excluding hydrogens is 392 g/mol. The van der Waals surface area contributed by atoms with Crippen molar-refractivity contribution in [2.45, 2.75) is 18.2 Å². The first-order valence-corrected chi connectivity index (χ1v) is 10.4. The van der Waals surface area contributed by atoms with Crippen LogP contribution in [0.5, 0.6) is 11.5 Å². The number of benzene rings is 2. The lowest BCUT2D eigenvalue weighted by Crippen LogP contribution is -2.19. The van der Waals surface area contributed by atoms with Gasteiger partial charge in [-0.25, -0.2) is 0 Å². The Hall–Kier alpha value is -3.33. The van der Waals surface area contributed by atoms with E-state index in [4.69, 9.17) is 9.47 Å². The minimum Gasteiger partial charge on any atom is -0.497 e. The smallest absolute Gasteiger partial charge is 0.280 e. The van der Waals surface area contributed by atoms with Crippen LogP contribution in [0.25, 0.3) is 11.3 Å². The second-order valence-electron chi connectivity index (χ2n) is 6.12. The van der Waals surface area contributed by atoms with Gasteiger partial charge in [0, 0.05) is 17.2 Å². The van der Waals surface area contributed by atoms with Crippen molar-refractivity contribution in [3.05, 3.63) is 59.8 Å². The van der Waals surface area contributed by atoms with Crippen molar-refractivity contribution in [3.63, 3.8) is 0 Å². The van der Waals surface area contributed by atoms with E-state index in [2.05, 4.69) is 27.1 Å². The number of H-pyrrole nitrogens is 1. The summed E-state index contributed by atoms with van der Waals surface area (Å²) < 4.78 is 35.4. The maximum atomic E-state index is 12.6. The van der Waals surface area contributed by atoms with Crippen LogP contribution in [0, 0.1) is 0 Å². The molecule has 0 saturated heterocycles. The van der Waals surface area contributed by atoms with Gasteiger partial charge >= 0.3 is 0 Å². The number of nitrogens with one attached hydrogen (secondary N) is 2. The summed E-state index contributed by atoms with van der Waals surface area (Å²) in [5.74, 6) is 0.647. The number of aromatic nitrogens is 2. The topological polar surface area (TPSA) is 106 Å². The first kappa shape index (κ1) is 20.4. The van der Waals surface area contributed by atoms with E-state index >= 15 is 0 Å². The van der Waals surface area contributed by atoms with Gasteiger partial charge in [0.2, 0.25) is 0 Å². The average Bonchev–Trinajstić information content (AvgIpc) is 3.21. The molecule has 0 bridgehead atoms. The maximum absolute atomic E-state index is 12.6. The van der Waals surface area contributed by atoms with Crippen LogP contribution in [0.4, 0.5) is 0 Å². The molecule has 0 atom stereocenters. The average molecular weight is 414 g/mol. The molecule has 1 aromatic heterocycles. The molecule has 0 unspecified atom stereocenters. The highest BCUT2D eigenvalue weighted by Gasteiger charge is 2.19. The minimum absolute atomic E-state index is 0.0412. The zero-order valence-electron chi connectivity index (χ0n) is 16.3. The summed E-state index contributed by atoms with van der Waals surface area (Å²) in [7, 11) is -1.05. The predicted molar refractivity (Wildman–Crippen MR) is 111 cm³/mol. The lowest BCUT2D eigenvalue weighted by Gasteiger charge is -2.10. The third-order valence-electron chi connectivity index (χ3n) is 4.36. The van der Waals surface area contributed by atoms with Crippen LogP contribution in [-0.2, 0) is 16.4 Å². The van der Waals surface area contributed by atoms with E-state index in [1.165, 1.54) is 44.2 Å². The molecule has 3 aromatic rings. The Kier molecular flexibility index (Phi) is 6.18. The Bertz CT molecular complexity index is 1110. The number of hydrogen-bond acceptors (Lipinski definition) is 6. The van der Waals surface area contributed by atoms with E-state index in [9.17, 15) is 8.42 Å². The summed E-state index contributed by atoms with van der Waals surface area (Å²) >= 11 is 0. The van der Waals surface area contributed by atoms with Gasteiger partial charge in [0.05, 0.1) is 32.3 Å². The molecule has 1 heterocycles. The Morgan fingerprint density at radius 2 is 1.90 bits per heavy atom. The number of aryl methyl sites for hydroxylation is 1. The van der Waals surface area contributed by atoms with E-state index in [0.29, 0.717) is 11.3 Å². The minimum atomic E-state index is -3.93. The highest BCUT2D eigenvalue weighted by molar-refractivity contribution is 7.89. The first-order valence-electron chi connectivity index (χ1n) is 8.88. The Morgan fingerprint density at radius 1 is 1.14 bits per heavy atom. The molecule has 0 saturated carbocycles. The van der Waals surface area contributed by atoms with Gasteiger partial charge in [-0.05, 0) is 24.1 Å². The second-order valence-corrected chi connectivity index (χ2v) is 7.75. The molecular formula is C20H22N4O4S. The van der Waals surface area contributed by atoms with E-state index in [1.807, 2.05) is 24.3 Å². The third-order valence-corrected chi connectivity index (χ3v) is 5.62. The fourth-order valence-corrected chi connectivity index (χ4v) is 3.69. The van der Waals surface area contributed by atoms with Gasteiger partial charge in [0.25, 0.3) is 10.0 Å². The number of sulfonamides is 1. The van der Waals surface area contributed by atoms with Crippen LogP contribution < -0.4 is 14.3 Å². The fraction of sp³-hybridized carbons (Fsp3) is 0.200. The molecule has 8 nitrogen and oxygen atoms in total. The number of methoxy groups -OCH3 is 2. The summed E-state index contributed by atoms with van der Waals surface area (Å²) in [6, 6.07) is 12.5. The molecule has 2 N–H and O–H groups in total. The van der Waals surface area contributed by atoms with Crippen molar-refractivity contribution in [1.29, 1.82) is 0 Å². The molecule has 0 fully saturated rings. The van der Waals surface area contributed by atoms with Crippen LogP contribution in [0.1, 0.15) is 18.1 Å². The molecule has 0 aliphatic heterocycles. The molecule has 0 radical (unpaired) electrons. The zero-order valence-corrected chi connectivity index (χ0v) is 17.2. The monoisotopic (exact) mass is 414 g/mol. The van der Waals surface area contributed by atoms with Crippen molar-refractivity contribution in [3.8, 4) is 22.8 Å². The van der Waals surface area contributed by atoms with Gasteiger partial charge in [-0.15, -0.1) is 0 Å². The third kappa shape index (κ3) is 4.57. The summed E-state index contributed by atoms with van der Waals surface area (Å²) in [5.41, 5.74) is 3.56. The van der Waals surface area contributed by atoms with Crippen molar-refractivity contribution in [2.75, 3.05) is 14.2 Å². The number of ether oxygens (including phenoxy) is 2. The van der Waals surface area contributed by atoms with Gasteiger partial charge in [-0.3, -0.25) is 5.10 Å². The van der Waals surface area contributed by atoms with Crippen molar-refractivity contribution in [2.24, 2.45) is 5.10 Å². The number of nitrogens with zero attached hydrogens (tertiary/aromatic N) is 2. The quantitative estimate of drug-likeness (QED) is 0.435. The van der Waals surface area contributed by atoms with E-state index in [1.54, 1.807) is 6.20 Å². The summed E-state index contributed by atoms with van der Waals surface area (Å²) in [6.45, 7) is 2.09. The lowest BCUT2D eigenvalue weighted by atomic mass is 10.1. The number of aromatic amines is 1. The molecule has 0 aliphatic rings. The molecule has 152 valence electrons. The van der Waals surface area contributed by atoms with Crippen LogP contribution >= 0.6 is 0 Å². The maximum Gasteiger partial charge on any atom is 0.280 e. The normalized spacial score (nSPS) is 11.6. The highest BCUT2D eigenvalue weighted by atomic mass is 32.2. The molecule has 9 heteroatoms. The van der Waals surface area contributed by atoms with Crippen LogP contribution in [0.2, 0.25) is 0 Å². The predicted octanol–water partition coefficient (Wildman–Crippen LogP) is 2.97. The Balaban J connectivity index is 1.80. The molecule has 0 aliphatic carbocycles. The lowest BCUT2D eigenvalue weighted by molar-refractivity contribution is 0.386. The standard InChI is InChI=1S/C20H22N4O4S/c1-4-14-5-7-15(8-6-14)20-16(12-21-23-20)13-22-24-29(25,26)19-10-9-17(27-2)11-18(19)28-3/h5-13,24H,4H2,1-3H3,(H,21,23)/b22-13+. The van der Waals surface area contributed by atoms with Crippen LogP contribution in [0.3, 0.4) is 0 Å². The number of hydrogen-bond donors (Lipinski definition) is 2. The number of rotatable bonds is 8. The fourth-order valence-electron chi connectivity index (χ4n) is 2.74. The van der Waals surface area contributed by atoms with Crippen molar-refractivity contribution in [1.82, 2.24) is 15.0 Å². The molecule has 3 rings (SSSR count). The molecule has 0 spiro atoms. The Labute approximate surface area is 169 Å². The van der Waals surface area contributed by atoms with Gasteiger partial charge in [-0.1, -0.05) is 31.2 Å². The largest absolute Gasteiger partial charge is 0.497 e. The molecule has 29 heavy (non-hydrogen) atoms. The van der Waals surface area contributed by atoms with Crippen LogP contribution in [-0.4, -0.2) is 39.0 Å². The second kappa shape index (κ2) is 8.78. The van der Waals surface area contributed by atoms with Crippen molar-refractivity contribution >= 4 is 16.2 Å². The van der Waals surface area contributed by atoms with E-state index in [-0.39, 0.29) is 10.6 Å². The van der Waals surface area contributed by atoms with Gasteiger partial charge in [0.15, 0.2) is 0 Å². The zero-order chi connectivity index (χ0) is 20.9. The van der Waals surface area contributed by atoms with Gasteiger partial charge in [0.1, 0.15) is 16.4 Å². The molecule has 0 amide bonds. The summed E-state index contributed by atoms with van der Waals surface area (Å²) in [6.07, 6.45) is 3.93. The van der Waals surface area contributed by atoms with E-state index < -0.39 is 10.0 Å². The number of hydrazone groups is 1.